The van der Waals surface area contributed by atoms with Gasteiger partial charge in [0.05, 0.1) is 13.7 Å². The van der Waals surface area contributed by atoms with Gasteiger partial charge in [-0.05, 0) is 38.0 Å². The van der Waals surface area contributed by atoms with E-state index < -0.39 is 0 Å². The monoisotopic (exact) mass is 355 g/mol. The van der Waals surface area contributed by atoms with E-state index in [4.69, 9.17) is 4.74 Å². The molecule has 0 aliphatic heterocycles. The van der Waals surface area contributed by atoms with Crippen LogP contribution in [0.25, 0.3) is 0 Å². The van der Waals surface area contributed by atoms with Gasteiger partial charge in [-0.15, -0.1) is 0 Å². The topological polar surface area (TPSA) is 70.6 Å². The fourth-order valence-corrected chi connectivity index (χ4v) is 2.48. The van der Waals surface area contributed by atoms with Crippen molar-refractivity contribution >= 4 is 11.8 Å². The van der Waals surface area contributed by atoms with Crippen molar-refractivity contribution in [2.45, 2.75) is 26.3 Å². The molecule has 140 valence electrons. The van der Waals surface area contributed by atoms with Gasteiger partial charge >= 0.3 is 0 Å². The number of aromatic nitrogens is 1. The summed E-state index contributed by atoms with van der Waals surface area (Å²) >= 11 is 0. The summed E-state index contributed by atoms with van der Waals surface area (Å²) < 4.78 is 5.38. The number of hydrogen-bond donors (Lipinski definition) is 3. The summed E-state index contributed by atoms with van der Waals surface area (Å²) in [7, 11) is 1.69. The fourth-order valence-electron chi connectivity index (χ4n) is 2.48. The zero-order chi connectivity index (χ0) is 18.5. The Hall–Kier alpha value is -2.76. The summed E-state index contributed by atoms with van der Waals surface area (Å²) in [5.74, 6) is 2.62. The van der Waals surface area contributed by atoms with Gasteiger partial charge in [0.2, 0.25) is 0 Å². The van der Waals surface area contributed by atoms with Crippen molar-refractivity contribution in [1.82, 2.24) is 15.6 Å². The van der Waals surface area contributed by atoms with Gasteiger partial charge in [0.15, 0.2) is 5.96 Å². The zero-order valence-electron chi connectivity index (χ0n) is 15.7. The maximum absolute atomic E-state index is 5.38. The van der Waals surface area contributed by atoms with Crippen LogP contribution < -0.4 is 20.7 Å². The van der Waals surface area contributed by atoms with Crippen molar-refractivity contribution in [3.63, 3.8) is 0 Å². The molecule has 1 aromatic carbocycles. The molecule has 0 fully saturated rings. The SMILES string of the molecule is CCNC(=NCc1ccccc1OC)NCCCCNc1ccccn1. The van der Waals surface area contributed by atoms with E-state index in [1.54, 1.807) is 13.3 Å². The fraction of sp³-hybridized carbons (Fsp3) is 0.400. The van der Waals surface area contributed by atoms with E-state index in [1.807, 2.05) is 42.5 Å². The van der Waals surface area contributed by atoms with E-state index >= 15 is 0 Å². The van der Waals surface area contributed by atoms with Crippen LogP contribution in [0.1, 0.15) is 25.3 Å². The molecule has 0 saturated heterocycles. The number of hydrogen-bond acceptors (Lipinski definition) is 4. The number of methoxy groups -OCH3 is 1. The lowest BCUT2D eigenvalue weighted by Crippen LogP contribution is -2.37. The van der Waals surface area contributed by atoms with Crippen molar-refractivity contribution in [3.8, 4) is 5.75 Å². The molecule has 26 heavy (non-hydrogen) atoms. The third-order valence-electron chi connectivity index (χ3n) is 3.81. The molecular formula is C20H29N5O. The van der Waals surface area contributed by atoms with Crippen molar-refractivity contribution < 1.29 is 4.74 Å². The summed E-state index contributed by atoms with van der Waals surface area (Å²) in [4.78, 5) is 8.90. The van der Waals surface area contributed by atoms with Crippen LogP contribution in [-0.2, 0) is 6.54 Å². The number of unbranched alkanes of at least 4 members (excludes halogenated alkanes) is 1. The van der Waals surface area contributed by atoms with Gasteiger partial charge in [-0.25, -0.2) is 9.98 Å². The van der Waals surface area contributed by atoms with Crippen LogP contribution in [0.2, 0.25) is 0 Å². The van der Waals surface area contributed by atoms with Crippen LogP contribution in [0, 0.1) is 0 Å². The lowest BCUT2D eigenvalue weighted by molar-refractivity contribution is 0.410. The van der Waals surface area contributed by atoms with Crippen LogP contribution in [0.3, 0.4) is 0 Å². The highest BCUT2D eigenvalue weighted by molar-refractivity contribution is 5.79. The number of aliphatic imine (C=N–C) groups is 1. The van der Waals surface area contributed by atoms with Crippen LogP contribution in [0.4, 0.5) is 5.82 Å². The van der Waals surface area contributed by atoms with E-state index in [1.165, 1.54) is 0 Å². The summed E-state index contributed by atoms with van der Waals surface area (Å²) in [6.07, 6.45) is 3.92. The van der Waals surface area contributed by atoms with Gasteiger partial charge in [-0.2, -0.15) is 0 Å². The van der Waals surface area contributed by atoms with E-state index in [-0.39, 0.29) is 0 Å². The first-order valence-electron chi connectivity index (χ1n) is 9.12. The Morgan fingerprint density at radius 2 is 1.85 bits per heavy atom. The molecule has 2 aromatic rings. The van der Waals surface area contributed by atoms with E-state index in [0.29, 0.717) is 6.54 Å². The second-order valence-corrected chi connectivity index (χ2v) is 5.78. The molecular weight excluding hydrogens is 326 g/mol. The maximum Gasteiger partial charge on any atom is 0.191 e. The highest BCUT2D eigenvalue weighted by atomic mass is 16.5. The van der Waals surface area contributed by atoms with Crippen LogP contribution in [-0.4, -0.2) is 37.7 Å². The molecule has 0 unspecified atom stereocenters. The van der Waals surface area contributed by atoms with Crippen molar-refractivity contribution in [3.05, 3.63) is 54.2 Å². The lowest BCUT2D eigenvalue weighted by Gasteiger charge is -2.12. The zero-order valence-corrected chi connectivity index (χ0v) is 15.7. The Labute approximate surface area is 156 Å². The Morgan fingerprint density at radius 3 is 2.62 bits per heavy atom. The number of ether oxygens (including phenoxy) is 1. The number of benzene rings is 1. The standard InChI is InChI=1S/C20H29N5O/c1-3-21-20(25-16-17-10-4-5-11-18(17)26-2)24-15-9-8-14-23-19-12-6-7-13-22-19/h4-7,10-13H,3,8-9,14-16H2,1-2H3,(H,22,23)(H2,21,24,25). The van der Waals surface area contributed by atoms with Gasteiger partial charge in [0.25, 0.3) is 0 Å². The summed E-state index contributed by atoms with van der Waals surface area (Å²) in [5.41, 5.74) is 1.08. The second kappa shape index (κ2) is 11.7. The largest absolute Gasteiger partial charge is 0.496 e. The first-order chi connectivity index (χ1) is 12.8. The number of nitrogens with zero attached hydrogens (tertiary/aromatic N) is 2. The minimum absolute atomic E-state index is 0.584. The first-order valence-corrected chi connectivity index (χ1v) is 9.12. The summed E-state index contributed by atoms with van der Waals surface area (Å²) in [5, 5.41) is 9.98. The first kappa shape index (κ1) is 19.6. The van der Waals surface area contributed by atoms with Crippen LogP contribution in [0.5, 0.6) is 5.75 Å². The Kier molecular flexibility index (Phi) is 8.83. The average Bonchev–Trinajstić information content (AvgIpc) is 2.69. The summed E-state index contributed by atoms with van der Waals surface area (Å²) in [6.45, 7) is 5.27. The molecule has 1 aromatic heterocycles. The smallest absolute Gasteiger partial charge is 0.191 e. The van der Waals surface area contributed by atoms with Crippen molar-refractivity contribution in [2.75, 3.05) is 32.1 Å². The molecule has 0 spiro atoms. The Balaban J connectivity index is 1.71. The number of guanidine groups is 1. The molecule has 0 atom stereocenters. The predicted molar refractivity (Wildman–Crippen MR) is 108 cm³/mol. The molecule has 2 rings (SSSR count). The number of pyridine rings is 1. The van der Waals surface area contributed by atoms with Crippen molar-refractivity contribution in [2.24, 2.45) is 4.99 Å². The van der Waals surface area contributed by atoms with Gasteiger partial charge in [0, 0.05) is 31.4 Å². The van der Waals surface area contributed by atoms with Crippen molar-refractivity contribution in [1.29, 1.82) is 0 Å². The maximum atomic E-state index is 5.38. The van der Waals surface area contributed by atoms with E-state index in [0.717, 1.165) is 55.6 Å². The lowest BCUT2D eigenvalue weighted by atomic mass is 10.2. The summed E-state index contributed by atoms with van der Waals surface area (Å²) in [6, 6.07) is 13.8. The molecule has 1 heterocycles. The normalized spacial score (nSPS) is 11.1. The Bertz CT molecular complexity index is 660. The highest BCUT2D eigenvalue weighted by Gasteiger charge is 2.02. The number of rotatable bonds is 10. The molecule has 0 amide bonds. The van der Waals surface area contributed by atoms with E-state index in [2.05, 4.69) is 32.9 Å². The molecule has 0 radical (unpaired) electrons. The third kappa shape index (κ3) is 7.01. The molecule has 0 aliphatic carbocycles. The molecule has 6 nitrogen and oxygen atoms in total. The number of para-hydroxylation sites is 1. The average molecular weight is 355 g/mol. The molecule has 0 bridgehead atoms. The molecule has 6 heteroatoms. The van der Waals surface area contributed by atoms with Crippen LogP contribution in [0.15, 0.2) is 53.7 Å². The second-order valence-electron chi connectivity index (χ2n) is 5.78. The predicted octanol–water partition coefficient (Wildman–Crippen LogP) is 3.04. The van der Waals surface area contributed by atoms with Gasteiger partial charge in [-0.1, -0.05) is 24.3 Å². The minimum atomic E-state index is 0.584. The minimum Gasteiger partial charge on any atom is -0.496 e. The number of nitrogens with one attached hydrogen (secondary N) is 3. The van der Waals surface area contributed by atoms with Crippen LogP contribution >= 0.6 is 0 Å². The van der Waals surface area contributed by atoms with Gasteiger partial charge in [0.1, 0.15) is 11.6 Å². The number of anilines is 1. The Morgan fingerprint density at radius 1 is 1.04 bits per heavy atom. The third-order valence-corrected chi connectivity index (χ3v) is 3.81. The van der Waals surface area contributed by atoms with Gasteiger partial charge in [-0.3, -0.25) is 0 Å². The molecule has 0 saturated carbocycles. The molecule has 3 N–H and O–H groups in total. The van der Waals surface area contributed by atoms with Gasteiger partial charge < -0.3 is 20.7 Å². The quantitative estimate of drug-likeness (QED) is 0.347. The van der Waals surface area contributed by atoms with E-state index in [9.17, 15) is 0 Å². The highest BCUT2D eigenvalue weighted by Crippen LogP contribution is 2.17. The molecule has 0 aliphatic rings.